The molecule has 3 aromatic rings. The van der Waals surface area contributed by atoms with Crippen molar-refractivity contribution in [2.45, 2.75) is 33.1 Å². The van der Waals surface area contributed by atoms with Crippen LogP contribution in [0.5, 0.6) is 0 Å². The molecule has 0 spiro atoms. The lowest BCUT2D eigenvalue weighted by Gasteiger charge is -2.16. The minimum atomic E-state index is -0.0903. The molecule has 122 valence electrons. The van der Waals surface area contributed by atoms with E-state index in [1.165, 1.54) is 5.56 Å². The van der Waals surface area contributed by atoms with Crippen molar-refractivity contribution >= 4 is 22.5 Å². The van der Waals surface area contributed by atoms with E-state index in [-0.39, 0.29) is 5.91 Å². The van der Waals surface area contributed by atoms with Crippen molar-refractivity contribution < 1.29 is 4.79 Å². The van der Waals surface area contributed by atoms with Gasteiger partial charge in [0.1, 0.15) is 0 Å². The lowest BCUT2D eigenvalue weighted by Crippen LogP contribution is -2.15. The molecule has 1 N–H and O–H groups in total. The van der Waals surface area contributed by atoms with Crippen molar-refractivity contribution in [1.29, 1.82) is 0 Å². The molecule has 1 atom stereocenters. The van der Waals surface area contributed by atoms with Crippen molar-refractivity contribution in [3.63, 3.8) is 0 Å². The number of aromatic nitrogens is 1. The van der Waals surface area contributed by atoms with Crippen LogP contribution >= 0.6 is 0 Å². The Morgan fingerprint density at radius 2 is 1.83 bits per heavy atom. The molecule has 0 radical (unpaired) electrons. The number of para-hydroxylation sites is 2. The van der Waals surface area contributed by atoms with Crippen molar-refractivity contribution in [1.82, 2.24) is 4.98 Å². The van der Waals surface area contributed by atoms with Gasteiger partial charge in [0.05, 0.1) is 11.1 Å². The number of amides is 1. The molecule has 0 aliphatic carbocycles. The van der Waals surface area contributed by atoms with Gasteiger partial charge in [0.15, 0.2) is 0 Å². The third kappa shape index (κ3) is 3.16. The van der Waals surface area contributed by atoms with Gasteiger partial charge in [-0.15, -0.1) is 0 Å². The van der Waals surface area contributed by atoms with E-state index in [0.717, 1.165) is 28.7 Å². The highest BCUT2D eigenvalue weighted by molar-refractivity contribution is 6.12. The summed E-state index contributed by atoms with van der Waals surface area (Å²) in [7, 11) is 0. The number of nitrogens with one attached hydrogen (secondary N) is 1. The Kier molecular flexibility index (Phi) is 4.61. The number of rotatable bonds is 4. The van der Waals surface area contributed by atoms with Gasteiger partial charge < -0.3 is 5.32 Å². The molecule has 0 saturated carbocycles. The van der Waals surface area contributed by atoms with Gasteiger partial charge in [0.2, 0.25) is 0 Å². The monoisotopic (exact) mass is 318 g/mol. The Labute approximate surface area is 142 Å². The highest BCUT2D eigenvalue weighted by atomic mass is 16.1. The molecular weight excluding hydrogens is 296 g/mol. The minimum Gasteiger partial charge on any atom is -0.322 e. The number of fused-ring (bicyclic) bond motifs is 1. The number of pyridine rings is 1. The Hall–Kier alpha value is -2.68. The zero-order chi connectivity index (χ0) is 17.1. The summed E-state index contributed by atoms with van der Waals surface area (Å²) in [6.07, 6.45) is 1.03. The molecule has 24 heavy (non-hydrogen) atoms. The van der Waals surface area contributed by atoms with Crippen molar-refractivity contribution in [3.8, 4) is 0 Å². The molecule has 3 nitrogen and oxygen atoms in total. The van der Waals surface area contributed by atoms with Crippen molar-refractivity contribution in [2.75, 3.05) is 5.32 Å². The highest BCUT2D eigenvalue weighted by Crippen LogP contribution is 2.27. The number of aryl methyl sites for hydroxylation is 1. The number of nitrogens with zero attached hydrogens (tertiary/aromatic N) is 1. The fraction of sp³-hybridized carbons (Fsp3) is 0.238. The van der Waals surface area contributed by atoms with E-state index in [1.807, 2.05) is 55.5 Å². The fourth-order valence-electron chi connectivity index (χ4n) is 2.95. The summed E-state index contributed by atoms with van der Waals surface area (Å²) in [4.78, 5) is 17.4. The van der Waals surface area contributed by atoms with Gasteiger partial charge in [-0.05, 0) is 43.0 Å². The van der Waals surface area contributed by atoms with Crippen LogP contribution in [0.2, 0.25) is 0 Å². The van der Waals surface area contributed by atoms with Crippen LogP contribution in [0.1, 0.15) is 47.8 Å². The molecule has 0 aliphatic rings. The van der Waals surface area contributed by atoms with Crippen LogP contribution in [0.4, 0.5) is 5.69 Å². The number of carbonyl (C=O) groups is 1. The SMILES string of the molecule is CC[C@@H](C)c1ccccc1NC(=O)c1cc(C)nc2ccccc12. The molecule has 1 amide bonds. The maximum absolute atomic E-state index is 12.9. The lowest BCUT2D eigenvalue weighted by atomic mass is 9.96. The van der Waals surface area contributed by atoms with E-state index in [4.69, 9.17) is 0 Å². The summed E-state index contributed by atoms with van der Waals surface area (Å²) in [5.74, 6) is 0.310. The predicted molar refractivity (Wildman–Crippen MR) is 99.6 cm³/mol. The maximum Gasteiger partial charge on any atom is 0.256 e. The molecule has 0 saturated heterocycles. The summed E-state index contributed by atoms with van der Waals surface area (Å²) < 4.78 is 0. The van der Waals surface area contributed by atoms with E-state index in [2.05, 4.69) is 30.2 Å². The first kappa shape index (κ1) is 16.2. The van der Waals surface area contributed by atoms with E-state index in [0.29, 0.717) is 11.5 Å². The summed E-state index contributed by atoms with van der Waals surface area (Å²) in [6, 6.07) is 17.6. The van der Waals surface area contributed by atoms with Crippen molar-refractivity contribution in [3.05, 3.63) is 71.4 Å². The molecule has 0 aliphatic heterocycles. The van der Waals surface area contributed by atoms with Gasteiger partial charge in [0.25, 0.3) is 5.91 Å². The zero-order valence-electron chi connectivity index (χ0n) is 14.3. The van der Waals surface area contributed by atoms with Gasteiger partial charge in [-0.25, -0.2) is 0 Å². The van der Waals surface area contributed by atoms with Crippen LogP contribution in [0.3, 0.4) is 0 Å². The Morgan fingerprint density at radius 3 is 2.62 bits per heavy atom. The van der Waals surface area contributed by atoms with Crippen LogP contribution in [0.15, 0.2) is 54.6 Å². The summed E-state index contributed by atoms with van der Waals surface area (Å²) >= 11 is 0. The zero-order valence-corrected chi connectivity index (χ0v) is 14.3. The van der Waals surface area contributed by atoms with E-state index < -0.39 is 0 Å². The molecule has 0 fully saturated rings. The van der Waals surface area contributed by atoms with Gasteiger partial charge in [0, 0.05) is 16.8 Å². The van der Waals surface area contributed by atoms with Gasteiger partial charge in [-0.1, -0.05) is 50.2 Å². The van der Waals surface area contributed by atoms with Gasteiger partial charge >= 0.3 is 0 Å². The Bertz CT molecular complexity index is 886. The normalized spacial score (nSPS) is 12.1. The second-order valence-corrected chi connectivity index (χ2v) is 6.18. The first-order valence-electron chi connectivity index (χ1n) is 8.36. The van der Waals surface area contributed by atoms with Crippen LogP contribution in [-0.4, -0.2) is 10.9 Å². The molecule has 2 aromatic carbocycles. The second kappa shape index (κ2) is 6.83. The first-order valence-corrected chi connectivity index (χ1v) is 8.36. The molecule has 3 heteroatoms. The van der Waals surface area contributed by atoms with Crippen molar-refractivity contribution in [2.24, 2.45) is 0 Å². The maximum atomic E-state index is 12.9. The largest absolute Gasteiger partial charge is 0.322 e. The number of hydrogen-bond donors (Lipinski definition) is 1. The van der Waals surface area contributed by atoms with Crippen LogP contribution in [-0.2, 0) is 0 Å². The van der Waals surface area contributed by atoms with E-state index >= 15 is 0 Å². The smallest absolute Gasteiger partial charge is 0.256 e. The third-order valence-corrected chi connectivity index (χ3v) is 4.44. The van der Waals surface area contributed by atoms with E-state index in [1.54, 1.807) is 0 Å². The summed E-state index contributed by atoms with van der Waals surface area (Å²) in [5, 5.41) is 3.97. The van der Waals surface area contributed by atoms with Crippen LogP contribution < -0.4 is 5.32 Å². The van der Waals surface area contributed by atoms with Gasteiger partial charge in [-0.2, -0.15) is 0 Å². The number of hydrogen-bond acceptors (Lipinski definition) is 2. The predicted octanol–water partition coefficient (Wildman–Crippen LogP) is 5.31. The average molecular weight is 318 g/mol. The molecule has 1 heterocycles. The third-order valence-electron chi connectivity index (χ3n) is 4.44. The standard InChI is InChI=1S/C21H22N2O/c1-4-14(2)16-9-5-7-11-19(16)23-21(24)18-13-15(3)22-20-12-8-6-10-17(18)20/h5-14H,4H2,1-3H3,(H,23,24)/t14-/m1/s1. The number of anilines is 1. The molecule has 0 bridgehead atoms. The summed E-state index contributed by atoms with van der Waals surface area (Å²) in [5.41, 5.74) is 4.41. The minimum absolute atomic E-state index is 0.0903. The lowest BCUT2D eigenvalue weighted by molar-refractivity contribution is 0.102. The Morgan fingerprint density at radius 1 is 1.12 bits per heavy atom. The molecular formula is C21H22N2O. The Balaban J connectivity index is 2.00. The highest BCUT2D eigenvalue weighted by Gasteiger charge is 2.15. The molecule has 0 unspecified atom stereocenters. The molecule has 3 rings (SSSR count). The van der Waals surface area contributed by atoms with Crippen LogP contribution in [0.25, 0.3) is 10.9 Å². The molecule has 1 aromatic heterocycles. The first-order chi connectivity index (χ1) is 11.6. The fourth-order valence-corrected chi connectivity index (χ4v) is 2.95. The summed E-state index contributed by atoms with van der Waals surface area (Å²) in [6.45, 7) is 6.25. The average Bonchev–Trinajstić information content (AvgIpc) is 2.60. The topological polar surface area (TPSA) is 42.0 Å². The second-order valence-electron chi connectivity index (χ2n) is 6.18. The quantitative estimate of drug-likeness (QED) is 0.708. The number of benzene rings is 2. The van der Waals surface area contributed by atoms with Crippen LogP contribution in [0, 0.1) is 6.92 Å². The van der Waals surface area contributed by atoms with E-state index in [9.17, 15) is 4.79 Å². The number of carbonyl (C=O) groups excluding carboxylic acids is 1. The van der Waals surface area contributed by atoms with Gasteiger partial charge in [-0.3, -0.25) is 9.78 Å².